The fourth-order valence-electron chi connectivity index (χ4n) is 6.64. The van der Waals surface area contributed by atoms with Crippen molar-refractivity contribution >= 4 is 38.2 Å². The minimum absolute atomic E-state index is 0. The predicted molar refractivity (Wildman–Crippen MR) is 210 cm³/mol. The number of ketones is 1. The van der Waals surface area contributed by atoms with E-state index in [-0.39, 0.29) is 65.2 Å². The molecule has 1 radical (unpaired) electrons. The van der Waals surface area contributed by atoms with Gasteiger partial charge in [-0.05, 0) is 82.4 Å². The van der Waals surface area contributed by atoms with Crippen LogP contribution in [-0.4, -0.2) is 27.0 Å². The molecule has 11 heteroatoms. The Morgan fingerprint density at radius 2 is 1.34 bits per heavy atom. The number of carbonyl (C=O) groups excluding carboxylic acids is 1. The summed E-state index contributed by atoms with van der Waals surface area (Å²) >= 11 is 0. The Kier molecular flexibility index (Phi) is 14.4. The van der Waals surface area contributed by atoms with E-state index < -0.39 is 23.3 Å². The summed E-state index contributed by atoms with van der Waals surface area (Å²) in [4.78, 5) is 20.5. The number of benzene rings is 4. The smallest absolute Gasteiger partial charge is 0.419 e. The van der Waals surface area contributed by atoms with Crippen LogP contribution in [0.4, 0.5) is 26.3 Å². The summed E-state index contributed by atoms with van der Waals surface area (Å²) in [6.45, 7) is 18.1. The minimum atomic E-state index is -4.71. The molecule has 0 saturated carbocycles. The van der Waals surface area contributed by atoms with E-state index in [0.29, 0.717) is 33.0 Å². The van der Waals surface area contributed by atoms with Crippen LogP contribution >= 0.6 is 0 Å². The van der Waals surface area contributed by atoms with Gasteiger partial charge in [-0.15, -0.1) is 34.9 Å². The first-order valence-electron chi connectivity index (χ1n) is 18.7. The number of aliphatic hydroxyl groups is 1. The monoisotopic (exact) mass is 958 g/mol. The fourth-order valence-corrected chi connectivity index (χ4v) is 6.64. The minimum Gasteiger partial charge on any atom is -0.512 e. The van der Waals surface area contributed by atoms with Gasteiger partial charge in [0.05, 0.1) is 16.5 Å². The molecule has 1 heterocycles. The normalized spacial score (nSPS) is 13.1. The Balaban J connectivity index is 0.000000398. The third kappa shape index (κ3) is 9.82. The van der Waals surface area contributed by atoms with Crippen LogP contribution in [0, 0.1) is 36.2 Å². The number of rotatable bonds is 10. The molecule has 56 heavy (non-hydrogen) atoms. The van der Waals surface area contributed by atoms with Crippen molar-refractivity contribution in [2.75, 3.05) is 0 Å². The quantitative estimate of drug-likeness (QED) is 0.0498. The summed E-state index contributed by atoms with van der Waals surface area (Å²) in [5.74, 6) is 0.286. The van der Waals surface area contributed by atoms with Crippen molar-refractivity contribution in [2.24, 2.45) is 16.2 Å². The van der Waals surface area contributed by atoms with Crippen molar-refractivity contribution in [3.05, 3.63) is 95.0 Å². The maximum Gasteiger partial charge on any atom is 0.419 e. The second kappa shape index (κ2) is 17.4. The van der Waals surface area contributed by atoms with Crippen LogP contribution in [0.25, 0.3) is 43.7 Å². The van der Waals surface area contributed by atoms with Crippen LogP contribution in [0.2, 0.25) is 0 Å². The first kappa shape index (κ1) is 46.6. The van der Waals surface area contributed by atoms with Gasteiger partial charge in [-0.25, -0.2) is 4.98 Å². The zero-order valence-corrected chi connectivity index (χ0v) is 36.1. The van der Waals surface area contributed by atoms with Crippen molar-refractivity contribution in [2.45, 2.75) is 114 Å². The molecule has 1 N–H and O–H groups in total. The molecule has 0 fully saturated rings. The second-order valence-corrected chi connectivity index (χ2v) is 15.9. The molecular weight excluding hydrogens is 907 g/mol. The first-order valence-corrected chi connectivity index (χ1v) is 18.7. The van der Waals surface area contributed by atoms with Gasteiger partial charge in [-0.1, -0.05) is 93.5 Å². The molecule has 1 aromatic heterocycles. The van der Waals surface area contributed by atoms with Gasteiger partial charge in [0.1, 0.15) is 12.1 Å². The number of fused-ring (bicyclic) bond motifs is 3. The van der Waals surface area contributed by atoms with E-state index in [4.69, 9.17) is 0 Å². The topological polar surface area (TPSA) is 63.1 Å². The Bertz CT molecular complexity index is 2210. The van der Waals surface area contributed by atoms with Crippen LogP contribution in [0.1, 0.15) is 103 Å². The SMILES string of the molecule is CCC(C)(CC)C(=O)/C=C(\O)C(C)(CC)CC.Cc1[c-]c(-c2ncnc3c(C(F)(F)F)c4cc5ccc(CC(C)(C)C(F)(F)F)cc5cc4cc23)cc(C)c1.[Ir]. The molecule has 0 aliphatic carbocycles. The van der Waals surface area contributed by atoms with Gasteiger partial charge in [-0.2, -0.15) is 26.3 Å². The largest absolute Gasteiger partial charge is 0.512 e. The average molecular weight is 958 g/mol. The van der Waals surface area contributed by atoms with E-state index >= 15 is 0 Å². The van der Waals surface area contributed by atoms with Crippen molar-refractivity contribution in [1.82, 2.24) is 9.97 Å². The molecule has 0 atom stereocenters. The second-order valence-electron chi connectivity index (χ2n) is 15.9. The van der Waals surface area contributed by atoms with E-state index in [1.165, 1.54) is 18.2 Å². The van der Waals surface area contributed by atoms with Crippen LogP contribution in [0.5, 0.6) is 0 Å². The number of halogens is 6. The zero-order chi connectivity index (χ0) is 41.3. The van der Waals surface area contributed by atoms with Gasteiger partial charge in [0.15, 0.2) is 5.78 Å². The van der Waals surface area contributed by atoms with Gasteiger partial charge in [0.2, 0.25) is 0 Å². The number of hydrogen-bond acceptors (Lipinski definition) is 4. The number of aromatic nitrogens is 2. The van der Waals surface area contributed by atoms with Gasteiger partial charge < -0.3 is 5.11 Å². The summed E-state index contributed by atoms with van der Waals surface area (Å²) in [6.07, 6.45) is -3.48. The predicted octanol–water partition coefficient (Wildman–Crippen LogP) is 13.8. The van der Waals surface area contributed by atoms with Crippen LogP contribution in [0.15, 0.2) is 66.7 Å². The number of aryl methyl sites for hydroxylation is 2. The van der Waals surface area contributed by atoms with Gasteiger partial charge in [0.25, 0.3) is 0 Å². The molecule has 0 unspecified atom stereocenters. The molecule has 0 amide bonds. The molecule has 0 spiro atoms. The van der Waals surface area contributed by atoms with E-state index in [1.807, 2.05) is 61.5 Å². The third-order valence-corrected chi connectivity index (χ3v) is 11.5. The summed E-state index contributed by atoms with van der Waals surface area (Å²) in [7, 11) is 0. The van der Waals surface area contributed by atoms with E-state index in [0.717, 1.165) is 57.0 Å². The van der Waals surface area contributed by atoms with Crippen molar-refractivity contribution in [3.8, 4) is 11.3 Å². The fraction of sp³-hybridized carbons (Fsp3) is 0.444. The Morgan fingerprint density at radius 1 is 0.750 bits per heavy atom. The maximum atomic E-state index is 14.5. The van der Waals surface area contributed by atoms with Gasteiger partial charge in [-0.3, -0.25) is 9.78 Å². The molecule has 0 saturated heterocycles. The molecule has 5 rings (SSSR count). The number of aliphatic hydroxyl groups excluding tert-OH is 1. The third-order valence-electron chi connectivity index (χ3n) is 11.5. The first-order chi connectivity index (χ1) is 25.4. The Labute approximate surface area is 339 Å². The average Bonchev–Trinajstić information content (AvgIpc) is 3.10. The van der Waals surface area contributed by atoms with Gasteiger partial charge >= 0.3 is 12.4 Å². The molecule has 0 aliphatic heterocycles. The van der Waals surface area contributed by atoms with Gasteiger partial charge in [0, 0.05) is 37.0 Å². The van der Waals surface area contributed by atoms with Crippen molar-refractivity contribution in [1.29, 1.82) is 0 Å². The van der Waals surface area contributed by atoms with Crippen LogP contribution < -0.4 is 0 Å². The summed E-state index contributed by atoms with van der Waals surface area (Å²) in [5, 5.41) is 11.7. The molecule has 0 aliphatic rings. The maximum absolute atomic E-state index is 14.5. The summed E-state index contributed by atoms with van der Waals surface area (Å²) in [5.41, 5.74) is -0.572. The van der Waals surface area contributed by atoms with E-state index in [2.05, 4.69) is 16.0 Å². The summed E-state index contributed by atoms with van der Waals surface area (Å²) < 4.78 is 83.8. The number of allylic oxidation sites excluding steroid dienone is 2. The number of hydrogen-bond donors (Lipinski definition) is 1. The van der Waals surface area contributed by atoms with Crippen LogP contribution in [0.3, 0.4) is 0 Å². The molecule has 305 valence electrons. The molecule has 4 nitrogen and oxygen atoms in total. The standard InChI is InChI=1S/C30H23F6N2.C15H28O2.Ir/c1-16-7-17(2)9-22(8-16)26-24-13-21-11-20-10-18(14-28(3,4)30(34,35)36)5-6-19(20)12-23(21)25(29(31,32)33)27(24)38-15-37-26;1-7-14(5,8-2)12(16)11-13(17)15(6,9-3)10-4;/h5-8,10-13,15H,14H2,1-4H3;11,16H,7-10H2,1-6H3;/q-1;;/b;12-11-;. The Hall–Kier alpha value is -3.82. The molecule has 0 bridgehead atoms. The molecule has 4 aromatic carbocycles. The van der Waals surface area contributed by atoms with Crippen molar-refractivity contribution in [3.63, 3.8) is 0 Å². The number of nitrogens with zero attached hydrogens (tertiary/aromatic N) is 2. The molecule has 5 aromatic rings. The van der Waals surface area contributed by atoms with E-state index in [1.54, 1.807) is 30.3 Å². The van der Waals surface area contributed by atoms with E-state index in [9.17, 15) is 36.2 Å². The van der Waals surface area contributed by atoms with Crippen molar-refractivity contribution < 1.29 is 56.3 Å². The number of carbonyl (C=O) groups is 1. The zero-order valence-electron chi connectivity index (χ0n) is 33.7. The van der Waals surface area contributed by atoms with Crippen LogP contribution in [-0.2, 0) is 37.5 Å². The summed E-state index contributed by atoms with van der Waals surface area (Å²) in [6, 6.07) is 16.2. The number of alkyl halides is 6. The Morgan fingerprint density at radius 3 is 1.88 bits per heavy atom. The molecular formula is C45H51F6IrN2O2-.